The van der Waals surface area contributed by atoms with Crippen LogP contribution in [0, 0.1) is 5.41 Å². The van der Waals surface area contributed by atoms with Gasteiger partial charge in [-0.2, -0.15) is 0 Å². The van der Waals surface area contributed by atoms with Crippen molar-refractivity contribution in [3.05, 3.63) is 0 Å². The molecule has 0 aliphatic carbocycles. The Morgan fingerprint density at radius 1 is 1.27 bits per heavy atom. The Bertz CT molecular complexity index is 262. The van der Waals surface area contributed by atoms with Crippen molar-refractivity contribution in [1.29, 1.82) is 0 Å². The van der Waals surface area contributed by atoms with Crippen LogP contribution in [0.15, 0.2) is 0 Å². The number of carbonyl (C=O) groups is 2. The number of halogens is 1. The maximum absolute atomic E-state index is 11.7. The van der Waals surface area contributed by atoms with Gasteiger partial charge < -0.3 is 11.1 Å². The van der Waals surface area contributed by atoms with Gasteiger partial charge >= 0.3 is 0 Å². The number of amides is 2. The number of alkyl halides is 1. The Morgan fingerprint density at radius 3 is 2.07 bits per heavy atom. The lowest BCUT2D eigenvalue weighted by Gasteiger charge is -2.30. The number of rotatable bonds is 5. The Hall–Kier alpha value is -0.770. The zero-order valence-electron chi connectivity index (χ0n) is 9.69. The molecule has 0 aromatic carbocycles. The molecule has 0 saturated carbocycles. The van der Waals surface area contributed by atoms with Crippen molar-refractivity contribution in [2.24, 2.45) is 11.1 Å². The lowest BCUT2D eigenvalue weighted by molar-refractivity contribution is -0.130. The standard InChI is InChI=1S/C10H19ClN2O2/c1-9(2,6-11)8(15)13-10(3,4)5-7(12)14/h5-6H2,1-4H3,(H2,12,14)(H,13,15). The Morgan fingerprint density at radius 2 is 1.73 bits per heavy atom. The first-order valence-corrected chi connectivity index (χ1v) is 5.31. The van der Waals surface area contributed by atoms with Gasteiger partial charge in [-0.05, 0) is 27.7 Å². The third kappa shape index (κ3) is 5.02. The molecule has 0 aliphatic heterocycles. The normalized spacial score (nSPS) is 12.3. The minimum absolute atomic E-state index is 0.108. The van der Waals surface area contributed by atoms with Crippen molar-refractivity contribution in [3.63, 3.8) is 0 Å². The Labute approximate surface area is 95.5 Å². The predicted molar refractivity (Wildman–Crippen MR) is 60.5 cm³/mol. The van der Waals surface area contributed by atoms with Crippen LogP contribution >= 0.6 is 11.6 Å². The van der Waals surface area contributed by atoms with E-state index in [0.717, 1.165) is 0 Å². The van der Waals surface area contributed by atoms with Crippen LogP contribution in [-0.4, -0.2) is 23.2 Å². The second kappa shape index (κ2) is 4.84. The smallest absolute Gasteiger partial charge is 0.227 e. The van der Waals surface area contributed by atoms with Crippen molar-refractivity contribution >= 4 is 23.4 Å². The van der Waals surface area contributed by atoms with Crippen LogP contribution < -0.4 is 11.1 Å². The van der Waals surface area contributed by atoms with Crippen LogP contribution in [-0.2, 0) is 9.59 Å². The average molecular weight is 235 g/mol. The fraction of sp³-hybridized carbons (Fsp3) is 0.800. The van der Waals surface area contributed by atoms with E-state index >= 15 is 0 Å². The van der Waals surface area contributed by atoms with Gasteiger partial charge in [0.1, 0.15) is 0 Å². The summed E-state index contributed by atoms with van der Waals surface area (Å²) in [6, 6.07) is 0. The highest BCUT2D eigenvalue weighted by molar-refractivity contribution is 6.19. The van der Waals surface area contributed by atoms with Gasteiger partial charge in [0.05, 0.1) is 5.41 Å². The fourth-order valence-corrected chi connectivity index (χ4v) is 1.14. The maximum Gasteiger partial charge on any atom is 0.227 e. The SMILES string of the molecule is CC(C)(CC(N)=O)NC(=O)C(C)(C)CCl. The molecule has 0 unspecified atom stereocenters. The summed E-state index contributed by atoms with van der Waals surface area (Å²) >= 11 is 5.67. The molecule has 0 heterocycles. The van der Waals surface area contributed by atoms with E-state index in [1.165, 1.54) is 0 Å². The molecule has 5 heteroatoms. The van der Waals surface area contributed by atoms with E-state index in [1.54, 1.807) is 27.7 Å². The minimum atomic E-state index is -0.642. The van der Waals surface area contributed by atoms with E-state index in [-0.39, 0.29) is 18.2 Å². The molecule has 2 amide bonds. The zero-order valence-corrected chi connectivity index (χ0v) is 10.4. The van der Waals surface area contributed by atoms with Gasteiger partial charge in [0.25, 0.3) is 0 Å². The highest BCUT2D eigenvalue weighted by Crippen LogP contribution is 2.19. The van der Waals surface area contributed by atoms with Gasteiger partial charge in [-0.1, -0.05) is 0 Å². The van der Waals surface area contributed by atoms with Crippen molar-refractivity contribution in [3.8, 4) is 0 Å². The minimum Gasteiger partial charge on any atom is -0.370 e. The second-order valence-electron chi connectivity index (χ2n) is 5.00. The van der Waals surface area contributed by atoms with Gasteiger partial charge in [-0.15, -0.1) is 11.6 Å². The molecule has 88 valence electrons. The van der Waals surface area contributed by atoms with E-state index < -0.39 is 16.9 Å². The summed E-state index contributed by atoms with van der Waals surface area (Å²) in [4.78, 5) is 22.5. The van der Waals surface area contributed by atoms with Crippen molar-refractivity contribution in [1.82, 2.24) is 5.32 Å². The van der Waals surface area contributed by atoms with Gasteiger partial charge in [0.15, 0.2) is 0 Å². The Balaban J connectivity index is 4.46. The number of carbonyl (C=O) groups excluding carboxylic acids is 2. The molecule has 0 atom stereocenters. The molecular formula is C10H19ClN2O2. The fourth-order valence-electron chi connectivity index (χ4n) is 1.02. The zero-order chi connectivity index (χ0) is 12.3. The molecule has 0 saturated heterocycles. The van der Waals surface area contributed by atoms with Crippen LogP contribution in [0.25, 0.3) is 0 Å². The van der Waals surface area contributed by atoms with Gasteiger partial charge in [-0.3, -0.25) is 9.59 Å². The summed E-state index contributed by atoms with van der Waals surface area (Å²) in [7, 11) is 0. The first kappa shape index (κ1) is 14.2. The van der Waals surface area contributed by atoms with Gasteiger partial charge in [0.2, 0.25) is 11.8 Å². The van der Waals surface area contributed by atoms with Crippen molar-refractivity contribution in [2.75, 3.05) is 5.88 Å². The molecule has 4 nitrogen and oxygen atoms in total. The van der Waals surface area contributed by atoms with E-state index in [9.17, 15) is 9.59 Å². The molecule has 0 aliphatic rings. The largest absolute Gasteiger partial charge is 0.370 e. The van der Waals surface area contributed by atoms with Crippen LogP contribution in [0.4, 0.5) is 0 Å². The van der Waals surface area contributed by atoms with E-state index in [0.29, 0.717) is 0 Å². The first-order valence-electron chi connectivity index (χ1n) is 4.77. The van der Waals surface area contributed by atoms with Crippen molar-refractivity contribution < 1.29 is 9.59 Å². The molecule has 0 spiro atoms. The highest BCUT2D eigenvalue weighted by atomic mass is 35.5. The van der Waals surface area contributed by atoms with Crippen molar-refractivity contribution in [2.45, 2.75) is 39.7 Å². The highest BCUT2D eigenvalue weighted by Gasteiger charge is 2.31. The molecule has 15 heavy (non-hydrogen) atoms. The van der Waals surface area contributed by atoms with E-state index in [4.69, 9.17) is 17.3 Å². The molecule has 3 N–H and O–H groups in total. The van der Waals surface area contributed by atoms with E-state index in [1.807, 2.05) is 0 Å². The Kier molecular flexibility index (Phi) is 4.59. The van der Waals surface area contributed by atoms with Crippen LogP contribution in [0.5, 0.6) is 0 Å². The molecule has 0 bridgehead atoms. The number of hydrogen-bond acceptors (Lipinski definition) is 2. The second-order valence-corrected chi connectivity index (χ2v) is 5.27. The summed E-state index contributed by atoms with van der Waals surface area (Å²) in [6.07, 6.45) is 0.108. The molecule has 0 aromatic heterocycles. The molecule has 0 aromatic rings. The number of nitrogens with one attached hydrogen (secondary N) is 1. The third-order valence-electron chi connectivity index (χ3n) is 2.02. The summed E-state index contributed by atoms with van der Waals surface area (Å²) < 4.78 is 0. The number of nitrogens with two attached hydrogens (primary N) is 1. The number of primary amides is 1. The lowest BCUT2D eigenvalue weighted by atomic mass is 9.92. The monoisotopic (exact) mass is 234 g/mol. The third-order valence-corrected chi connectivity index (χ3v) is 2.69. The summed E-state index contributed by atoms with van der Waals surface area (Å²) in [5.41, 5.74) is 3.80. The lowest BCUT2D eigenvalue weighted by Crippen LogP contribution is -2.51. The topological polar surface area (TPSA) is 72.2 Å². The molecule has 0 fully saturated rings. The summed E-state index contributed by atoms with van der Waals surface area (Å²) in [5.74, 6) is -0.390. The predicted octanol–water partition coefficient (Wildman–Crippen LogP) is 1.02. The van der Waals surface area contributed by atoms with Crippen LogP contribution in [0.3, 0.4) is 0 Å². The molecular weight excluding hydrogens is 216 g/mol. The maximum atomic E-state index is 11.7. The summed E-state index contributed by atoms with van der Waals surface area (Å²) in [5, 5.41) is 2.75. The molecule has 0 radical (unpaired) electrons. The van der Waals surface area contributed by atoms with Crippen LogP contribution in [0.2, 0.25) is 0 Å². The first-order chi connectivity index (χ1) is 6.60. The summed E-state index contributed by atoms with van der Waals surface area (Å²) in [6.45, 7) is 6.99. The van der Waals surface area contributed by atoms with E-state index in [2.05, 4.69) is 5.32 Å². The average Bonchev–Trinajstić information content (AvgIpc) is 2.00. The van der Waals surface area contributed by atoms with Gasteiger partial charge in [-0.25, -0.2) is 0 Å². The van der Waals surface area contributed by atoms with Crippen LogP contribution in [0.1, 0.15) is 34.1 Å². The van der Waals surface area contributed by atoms with Gasteiger partial charge in [0, 0.05) is 17.8 Å². The number of hydrogen-bond donors (Lipinski definition) is 2. The molecule has 0 rings (SSSR count). The quantitative estimate of drug-likeness (QED) is 0.698.